The van der Waals surface area contributed by atoms with Crippen LogP contribution in [0.5, 0.6) is 0 Å². The van der Waals surface area contributed by atoms with Crippen LogP contribution in [0.3, 0.4) is 0 Å². The van der Waals surface area contributed by atoms with Gasteiger partial charge >= 0.3 is 0 Å². The van der Waals surface area contributed by atoms with E-state index in [1.54, 1.807) is 18.5 Å². The summed E-state index contributed by atoms with van der Waals surface area (Å²) >= 11 is 5.68. The van der Waals surface area contributed by atoms with E-state index >= 15 is 0 Å². The predicted molar refractivity (Wildman–Crippen MR) is 75.6 cm³/mol. The van der Waals surface area contributed by atoms with E-state index in [4.69, 9.17) is 11.6 Å². The number of nitrogens with zero attached hydrogens (tertiary/aromatic N) is 1. The summed E-state index contributed by atoms with van der Waals surface area (Å²) in [6, 6.07) is 9.02. The minimum absolute atomic E-state index is 0.0370. The molecule has 0 aliphatic heterocycles. The Morgan fingerprint density at radius 2 is 1.68 bits per heavy atom. The van der Waals surface area contributed by atoms with Gasteiger partial charge in [-0.15, -0.1) is 0 Å². The normalized spacial score (nSPS) is 14.1. The summed E-state index contributed by atoms with van der Waals surface area (Å²) in [7, 11) is 0. The van der Waals surface area contributed by atoms with Gasteiger partial charge in [0, 0.05) is 24.5 Å². The van der Waals surface area contributed by atoms with Crippen molar-refractivity contribution in [3.63, 3.8) is 0 Å². The lowest BCUT2D eigenvalue weighted by Crippen LogP contribution is -2.22. The fourth-order valence-electron chi connectivity index (χ4n) is 2.00. The number of hydrogen-bond donors (Lipinski definition) is 1. The summed E-state index contributed by atoms with van der Waals surface area (Å²) in [6.07, 6.45) is 3.53. The summed E-state index contributed by atoms with van der Waals surface area (Å²) in [5.74, 6) is -0.385. The Labute approximate surface area is 117 Å². The zero-order valence-electron chi connectivity index (χ0n) is 10.9. The van der Waals surface area contributed by atoms with Gasteiger partial charge in [-0.2, -0.15) is 0 Å². The van der Waals surface area contributed by atoms with Gasteiger partial charge in [-0.05, 0) is 49.2 Å². The van der Waals surface area contributed by atoms with Crippen molar-refractivity contribution in [1.29, 1.82) is 0 Å². The first-order valence-electron chi connectivity index (χ1n) is 6.19. The topological polar surface area (TPSA) is 24.9 Å². The molecule has 0 spiro atoms. The predicted octanol–water partition coefficient (Wildman–Crippen LogP) is 4.29. The van der Waals surface area contributed by atoms with Crippen LogP contribution in [-0.2, 0) is 0 Å². The quantitative estimate of drug-likeness (QED) is 0.903. The number of nitrogens with one attached hydrogen (secondary N) is 1. The van der Waals surface area contributed by atoms with E-state index in [2.05, 4.69) is 17.2 Å². The molecule has 19 heavy (non-hydrogen) atoms. The molecular weight excluding hydrogens is 263 g/mol. The smallest absolute Gasteiger partial charge is 0.142 e. The Morgan fingerprint density at radius 1 is 1.05 bits per heavy atom. The molecule has 1 heterocycles. The second-order valence-corrected chi connectivity index (χ2v) is 4.97. The fraction of sp³-hybridized carbons (Fsp3) is 0.267. The maximum absolute atomic E-state index is 13.4. The highest BCUT2D eigenvalue weighted by Gasteiger charge is 2.12. The highest BCUT2D eigenvalue weighted by Crippen LogP contribution is 2.22. The Balaban J connectivity index is 2.08. The van der Waals surface area contributed by atoms with Gasteiger partial charge in [0.15, 0.2) is 0 Å². The number of pyridine rings is 1. The minimum Gasteiger partial charge on any atom is -0.304 e. The Kier molecular flexibility index (Phi) is 4.51. The van der Waals surface area contributed by atoms with Gasteiger partial charge in [0.05, 0.1) is 5.02 Å². The molecule has 1 N–H and O–H groups in total. The molecule has 0 saturated heterocycles. The third kappa shape index (κ3) is 3.52. The first-order chi connectivity index (χ1) is 9.08. The molecule has 0 amide bonds. The fourth-order valence-corrected chi connectivity index (χ4v) is 2.12. The van der Waals surface area contributed by atoms with Crippen molar-refractivity contribution in [3.05, 3.63) is 64.7 Å². The van der Waals surface area contributed by atoms with Gasteiger partial charge in [0.1, 0.15) is 5.82 Å². The molecule has 0 radical (unpaired) electrons. The van der Waals surface area contributed by atoms with E-state index in [-0.39, 0.29) is 22.9 Å². The molecule has 2 nitrogen and oxygen atoms in total. The van der Waals surface area contributed by atoms with Crippen molar-refractivity contribution in [2.45, 2.75) is 25.9 Å². The summed E-state index contributed by atoms with van der Waals surface area (Å²) < 4.78 is 13.4. The molecule has 0 fully saturated rings. The van der Waals surface area contributed by atoms with E-state index < -0.39 is 0 Å². The molecule has 0 aliphatic rings. The van der Waals surface area contributed by atoms with E-state index in [1.165, 1.54) is 6.07 Å². The van der Waals surface area contributed by atoms with Gasteiger partial charge in [-0.25, -0.2) is 4.39 Å². The van der Waals surface area contributed by atoms with Crippen molar-refractivity contribution in [2.75, 3.05) is 0 Å². The van der Waals surface area contributed by atoms with Crippen molar-refractivity contribution >= 4 is 11.6 Å². The molecule has 1 aromatic carbocycles. The highest BCUT2D eigenvalue weighted by molar-refractivity contribution is 6.30. The van der Waals surface area contributed by atoms with Crippen molar-refractivity contribution in [1.82, 2.24) is 10.3 Å². The van der Waals surface area contributed by atoms with Crippen LogP contribution < -0.4 is 5.32 Å². The van der Waals surface area contributed by atoms with E-state index in [0.29, 0.717) is 0 Å². The summed E-state index contributed by atoms with van der Waals surface area (Å²) in [5, 5.41) is 3.57. The van der Waals surface area contributed by atoms with Crippen LogP contribution in [0.15, 0.2) is 42.7 Å². The number of aromatic nitrogens is 1. The number of halogens is 2. The van der Waals surface area contributed by atoms with Crippen LogP contribution in [-0.4, -0.2) is 4.98 Å². The first-order valence-corrected chi connectivity index (χ1v) is 6.56. The molecule has 2 rings (SSSR count). The first kappa shape index (κ1) is 14.0. The largest absolute Gasteiger partial charge is 0.304 e. The van der Waals surface area contributed by atoms with Gasteiger partial charge in [-0.3, -0.25) is 4.98 Å². The van der Waals surface area contributed by atoms with Gasteiger partial charge in [0.2, 0.25) is 0 Å². The van der Waals surface area contributed by atoms with Crippen LogP contribution in [0.25, 0.3) is 0 Å². The van der Waals surface area contributed by atoms with Gasteiger partial charge in [0.25, 0.3) is 0 Å². The molecule has 2 aromatic rings. The zero-order chi connectivity index (χ0) is 13.8. The molecule has 0 aliphatic carbocycles. The second kappa shape index (κ2) is 6.13. The molecule has 4 heteroatoms. The van der Waals surface area contributed by atoms with Crippen molar-refractivity contribution in [3.8, 4) is 0 Å². The lowest BCUT2D eigenvalue weighted by Gasteiger charge is -2.20. The minimum atomic E-state index is -0.385. The zero-order valence-corrected chi connectivity index (χ0v) is 11.7. The molecule has 0 bridgehead atoms. The Morgan fingerprint density at radius 3 is 2.32 bits per heavy atom. The molecule has 100 valence electrons. The number of benzene rings is 1. The number of hydrogen-bond acceptors (Lipinski definition) is 2. The van der Waals surface area contributed by atoms with E-state index in [9.17, 15) is 4.39 Å². The van der Waals surface area contributed by atoms with Crippen molar-refractivity contribution in [2.24, 2.45) is 0 Å². The average molecular weight is 279 g/mol. The highest BCUT2D eigenvalue weighted by atomic mass is 35.5. The van der Waals surface area contributed by atoms with Crippen LogP contribution in [0.1, 0.15) is 37.1 Å². The Bertz CT molecular complexity index is 545. The van der Waals surface area contributed by atoms with Gasteiger partial charge < -0.3 is 5.32 Å². The second-order valence-electron chi connectivity index (χ2n) is 4.56. The summed E-state index contributed by atoms with van der Waals surface area (Å²) in [5.41, 5.74) is 2.03. The van der Waals surface area contributed by atoms with Crippen LogP contribution in [0, 0.1) is 5.82 Å². The third-order valence-corrected chi connectivity index (χ3v) is 3.46. The summed E-state index contributed by atoms with van der Waals surface area (Å²) in [6.45, 7) is 4.07. The van der Waals surface area contributed by atoms with Crippen LogP contribution >= 0.6 is 11.6 Å². The monoisotopic (exact) mass is 278 g/mol. The van der Waals surface area contributed by atoms with E-state index in [0.717, 1.165) is 11.1 Å². The lowest BCUT2D eigenvalue weighted by molar-refractivity contribution is 0.491. The molecule has 1 unspecified atom stereocenters. The standard InChI is InChI=1S/C15H16ClFN2/c1-10(12-5-7-18-8-6-12)19-11(2)13-3-4-14(16)15(17)9-13/h3-11,19H,1-2H3/t10-,11?/m1/s1. The molecule has 0 saturated carbocycles. The number of rotatable bonds is 4. The lowest BCUT2D eigenvalue weighted by atomic mass is 10.0. The van der Waals surface area contributed by atoms with Crippen molar-refractivity contribution < 1.29 is 4.39 Å². The van der Waals surface area contributed by atoms with Crippen LogP contribution in [0.2, 0.25) is 5.02 Å². The summed E-state index contributed by atoms with van der Waals surface area (Å²) in [4.78, 5) is 3.99. The van der Waals surface area contributed by atoms with E-state index in [1.807, 2.05) is 25.1 Å². The van der Waals surface area contributed by atoms with Crippen LogP contribution in [0.4, 0.5) is 4.39 Å². The average Bonchev–Trinajstić information content (AvgIpc) is 2.42. The molecule has 1 aromatic heterocycles. The third-order valence-electron chi connectivity index (χ3n) is 3.15. The Hall–Kier alpha value is -1.45. The molecular formula is C15H16ClFN2. The SMILES string of the molecule is CC(N[C@H](C)c1ccncc1)c1ccc(Cl)c(F)c1. The van der Waals surface area contributed by atoms with Gasteiger partial charge in [-0.1, -0.05) is 17.7 Å². The maximum Gasteiger partial charge on any atom is 0.142 e. The maximum atomic E-state index is 13.4. The molecule has 2 atom stereocenters.